The summed E-state index contributed by atoms with van der Waals surface area (Å²) in [6.07, 6.45) is -0.326. The monoisotopic (exact) mass is 214 g/mol. The summed E-state index contributed by atoms with van der Waals surface area (Å²) in [5.41, 5.74) is 0.852. The summed E-state index contributed by atoms with van der Waals surface area (Å²) in [4.78, 5) is 0. The van der Waals surface area contributed by atoms with Gasteiger partial charge in [-0.15, -0.1) is 0 Å². The molecule has 2 rings (SSSR count). The molecule has 0 N–H and O–H groups in total. The lowest BCUT2D eigenvalue weighted by Gasteiger charge is -2.11. The van der Waals surface area contributed by atoms with E-state index in [2.05, 4.69) is 0 Å². The van der Waals surface area contributed by atoms with Crippen LogP contribution in [0.15, 0.2) is 18.2 Å². The normalized spacial score (nSPS) is 17.3. The topological polar surface area (TPSA) is 27.7 Å². The number of ether oxygens (including phenoxy) is 3. The molecule has 0 aliphatic carbocycles. The number of hydrogen-bond donors (Lipinski definition) is 0. The van der Waals surface area contributed by atoms with Crippen molar-refractivity contribution < 1.29 is 14.2 Å². The predicted octanol–water partition coefficient (Wildman–Crippen LogP) is 2.39. The SMILES string of the molecule is COc1ccc(C2OCCO2)c(Cl)c1. The van der Waals surface area contributed by atoms with Crippen molar-refractivity contribution in [3.63, 3.8) is 0 Å². The minimum Gasteiger partial charge on any atom is -0.497 e. The maximum absolute atomic E-state index is 6.05. The van der Waals surface area contributed by atoms with Gasteiger partial charge in [0.2, 0.25) is 0 Å². The Morgan fingerprint density at radius 3 is 2.64 bits per heavy atom. The molecule has 0 spiro atoms. The van der Waals surface area contributed by atoms with Crippen LogP contribution in [0, 0.1) is 0 Å². The second kappa shape index (κ2) is 4.17. The third kappa shape index (κ3) is 1.85. The van der Waals surface area contributed by atoms with Gasteiger partial charge in [-0.25, -0.2) is 0 Å². The van der Waals surface area contributed by atoms with E-state index < -0.39 is 0 Å². The average molecular weight is 215 g/mol. The van der Waals surface area contributed by atoms with Crippen molar-refractivity contribution in [1.29, 1.82) is 0 Å². The largest absolute Gasteiger partial charge is 0.497 e. The summed E-state index contributed by atoms with van der Waals surface area (Å²) < 4.78 is 15.7. The zero-order chi connectivity index (χ0) is 9.97. The molecule has 1 aliphatic rings. The summed E-state index contributed by atoms with van der Waals surface area (Å²) in [5.74, 6) is 0.733. The summed E-state index contributed by atoms with van der Waals surface area (Å²) in [7, 11) is 1.61. The number of rotatable bonds is 2. The molecule has 1 fully saturated rings. The Kier molecular flexibility index (Phi) is 2.91. The predicted molar refractivity (Wildman–Crippen MR) is 52.6 cm³/mol. The Morgan fingerprint density at radius 2 is 2.07 bits per heavy atom. The molecular weight excluding hydrogens is 204 g/mol. The van der Waals surface area contributed by atoms with Gasteiger partial charge in [-0.2, -0.15) is 0 Å². The van der Waals surface area contributed by atoms with Gasteiger partial charge in [-0.1, -0.05) is 11.6 Å². The van der Waals surface area contributed by atoms with Gasteiger partial charge in [-0.05, 0) is 18.2 Å². The molecule has 1 heterocycles. The van der Waals surface area contributed by atoms with E-state index in [0.29, 0.717) is 18.2 Å². The average Bonchev–Trinajstić information content (AvgIpc) is 2.70. The van der Waals surface area contributed by atoms with Gasteiger partial charge in [0, 0.05) is 5.56 Å². The summed E-state index contributed by atoms with van der Waals surface area (Å²) in [6, 6.07) is 5.45. The zero-order valence-electron chi connectivity index (χ0n) is 7.83. The molecule has 0 unspecified atom stereocenters. The molecule has 4 heteroatoms. The second-order valence-corrected chi connectivity index (χ2v) is 3.37. The van der Waals surface area contributed by atoms with Crippen molar-refractivity contribution in [2.24, 2.45) is 0 Å². The molecule has 1 aromatic carbocycles. The molecule has 0 aromatic heterocycles. The van der Waals surface area contributed by atoms with E-state index >= 15 is 0 Å². The Hall–Kier alpha value is -0.770. The van der Waals surface area contributed by atoms with Gasteiger partial charge in [0.15, 0.2) is 6.29 Å². The van der Waals surface area contributed by atoms with E-state index in [-0.39, 0.29) is 6.29 Å². The van der Waals surface area contributed by atoms with Crippen molar-refractivity contribution in [1.82, 2.24) is 0 Å². The van der Waals surface area contributed by atoms with Gasteiger partial charge in [0.1, 0.15) is 5.75 Å². The molecule has 0 bridgehead atoms. The first-order valence-electron chi connectivity index (χ1n) is 4.38. The minimum atomic E-state index is -0.326. The van der Waals surface area contributed by atoms with Crippen LogP contribution in [0.25, 0.3) is 0 Å². The Balaban J connectivity index is 2.25. The highest BCUT2D eigenvalue weighted by molar-refractivity contribution is 6.31. The molecule has 1 aromatic rings. The van der Waals surface area contributed by atoms with Crippen molar-refractivity contribution in [2.45, 2.75) is 6.29 Å². The number of hydrogen-bond acceptors (Lipinski definition) is 3. The van der Waals surface area contributed by atoms with Crippen LogP contribution in [0.2, 0.25) is 5.02 Å². The fourth-order valence-corrected chi connectivity index (χ4v) is 1.62. The van der Waals surface area contributed by atoms with Crippen LogP contribution >= 0.6 is 11.6 Å². The van der Waals surface area contributed by atoms with Crippen LogP contribution < -0.4 is 4.74 Å². The standard InChI is InChI=1S/C10H11ClO3/c1-12-7-2-3-8(9(11)6-7)10-13-4-5-14-10/h2-3,6,10H,4-5H2,1H3. The highest BCUT2D eigenvalue weighted by Gasteiger charge is 2.20. The van der Waals surface area contributed by atoms with Crippen LogP contribution in [0.1, 0.15) is 11.9 Å². The zero-order valence-corrected chi connectivity index (χ0v) is 8.58. The van der Waals surface area contributed by atoms with Crippen molar-refractivity contribution in [3.8, 4) is 5.75 Å². The van der Waals surface area contributed by atoms with Crippen molar-refractivity contribution in [3.05, 3.63) is 28.8 Å². The molecule has 3 nitrogen and oxygen atoms in total. The molecule has 0 saturated carbocycles. The van der Waals surface area contributed by atoms with E-state index in [1.807, 2.05) is 12.1 Å². The molecule has 0 radical (unpaired) electrons. The molecule has 0 atom stereocenters. The Labute approximate surface area is 87.5 Å². The van der Waals surface area contributed by atoms with Crippen molar-refractivity contribution in [2.75, 3.05) is 20.3 Å². The third-order valence-electron chi connectivity index (χ3n) is 2.08. The third-order valence-corrected chi connectivity index (χ3v) is 2.41. The molecule has 76 valence electrons. The fourth-order valence-electron chi connectivity index (χ4n) is 1.36. The van der Waals surface area contributed by atoms with Crippen LogP contribution in [-0.4, -0.2) is 20.3 Å². The first kappa shape index (κ1) is 9.77. The van der Waals surface area contributed by atoms with Crippen LogP contribution in [0.4, 0.5) is 0 Å². The van der Waals surface area contributed by atoms with Crippen molar-refractivity contribution >= 4 is 11.6 Å². The summed E-state index contributed by atoms with van der Waals surface area (Å²) in [5, 5.41) is 0.608. The lowest BCUT2D eigenvalue weighted by molar-refractivity contribution is -0.0440. The van der Waals surface area contributed by atoms with Crippen LogP contribution in [-0.2, 0) is 9.47 Å². The highest BCUT2D eigenvalue weighted by atomic mass is 35.5. The van der Waals surface area contributed by atoms with E-state index in [1.54, 1.807) is 13.2 Å². The Morgan fingerprint density at radius 1 is 1.36 bits per heavy atom. The Bertz CT molecular complexity index is 321. The van der Waals surface area contributed by atoms with E-state index in [4.69, 9.17) is 25.8 Å². The lowest BCUT2D eigenvalue weighted by Crippen LogP contribution is -1.99. The first-order chi connectivity index (χ1) is 6.81. The lowest BCUT2D eigenvalue weighted by atomic mass is 10.2. The molecule has 14 heavy (non-hydrogen) atoms. The maximum atomic E-state index is 6.05. The number of benzene rings is 1. The van der Waals surface area contributed by atoms with Gasteiger partial charge in [-0.3, -0.25) is 0 Å². The smallest absolute Gasteiger partial charge is 0.185 e. The maximum Gasteiger partial charge on any atom is 0.185 e. The minimum absolute atomic E-state index is 0.326. The number of methoxy groups -OCH3 is 1. The highest BCUT2D eigenvalue weighted by Crippen LogP contribution is 2.31. The second-order valence-electron chi connectivity index (χ2n) is 2.96. The van der Waals surface area contributed by atoms with E-state index in [9.17, 15) is 0 Å². The molecular formula is C10H11ClO3. The quantitative estimate of drug-likeness (QED) is 0.757. The van der Waals surface area contributed by atoms with Crippen LogP contribution in [0.5, 0.6) is 5.75 Å². The van der Waals surface area contributed by atoms with E-state index in [0.717, 1.165) is 11.3 Å². The first-order valence-corrected chi connectivity index (χ1v) is 4.75. The molecule has 0 amide bonds. The van der Waals surface area contributed by atoms with Gasteiger partial charge >= 0.3 is 0 Å². The fraction of sp³-hybridized carbons (Fsp3) is 0.400. The summed E-state index contributed by atoms with van der Waals surface area (Å²) >= 11 is 6.05. The van der Waals surface area contributed by atoms with E-state index in [1.165, 1.54) is 0 Å². The summed E-state index contributed by atoms with van der Waals surface area (Å²) in [6.45, 7) is 1.24. The molecule has 1 aliphatic heterocycles. The van der Waals surface area contributed by atoms with Gasteiger partial charge in [0.25, 0.3) is 0 Å². The van der Waals surface area contributed by atoms with Gasteiger partial charge < -0.3 is 14.2 Å². The van der Waals surface area contributed by atoms with Crippen LogP contribution in [0.3, 0.4) is 0 Å². The molecule has 1 saturated heterocycles. The number of halogens is 1. The van der Waals surface area contributed by atoms with Gasteiger partial charge in [0.05, 0.1) is 25.3 Å².